The Bertz CT molecular complexity index is 1500. The summed E-state index contributed by atoms with van der Waals surface area (Å²) in [5, 5.41) is 10.0. The number of fused-ring (bicyclic) bond motifs is 4. The van der Waals surface area contributed by atoms with Crippen LogP contribution in [0.25, 0.3) is 21.8 Å². The van der Waals surface area contributed by atoms with Gasteiger partial charge in [0.05, 0.1) is 22.4 Å². The van der Waals surface area contributed by atoms with Crippen LogP contribution in [0.5, 0.6) is 0 Å². The van der Waals surface area contributed by atoms with Gasteiger partial charge < -0.3 is 10.6 Å². The number of nitrogens with one attached hydrogen (secondary N) is 2. The summed E-state index contributed by atoms with van der Waals surface area (Å²) in [5.74, 6) is 0. The molecule has 0 bridgehead atoms. The third-order valence-corrected chi connectivity index (χ3v) is 8.26. The van der Waals surface area contributed by atoms with E-state index in [-0.39, 0.29) is 0 Å². The Morgan fingerprint density at radius 2 is 0.868 bits per heavy atom. The molecular formula is C34H34N4. The molecule has 7 rings (SSSR count). The van der Waals surface area contributed by atoms with Gasteiger partial charge in [-0.1, -0.05) is 49.2 Å². The van der Waals surface area contributed by atoms with E-state index in [1.165, 1.54) is 83.2 Å². The van der Waals surface area contributed by atoms with Crippen LogP contribution in [0.15, 0.2) is 72.8 Å². The molecule has 38 heavy (non-hydrogen) atoms. The van der Waals surface area contributed by atoms with Gasteiger partial charge in [0.1, 0.15) is 0 Å². The molecule has 0 saturated carbocycles. The van der Waals surface area contributed by atoms with Crippen molar-refractivity contribution in [1.29, 1.82) is 0 Å². The summed E-state index contributed by atoms with van der Waals surface area (Å²) in [5.41, 5.74) is 12.2. The van der Waals surface area contributed by atoms with Crippen LogP contribution in [0, 0.1) is 0 Å². The first-order chi connectivity index (χ1) is 18.8. The van der Waals surface area contributed by atoms with Gasteiger partial charge >= 0.3 is 0 Å². The zero-order valence-electron chi connectivity index (χ0n) is 21.9. The molecule has 2 N–H and O–H groups in total. The van der Waals surface area contributed by atoms with E-state index < -0.39 is 0 Å². The number of aryl methyl sites for hydroxylation is 2. The molecule has 2 aromatic heterocycles. The number of anilines is 4. The summed E-state index contributed by atoms with van der Waals surface area (Å²) < 4.78 is 0. The first-order valence-electron chi connectivity index (χ1n) is 14.3. The summed E-state index contributed by atoms with van der Waals surface area (Å²) in [7, 11) is 0. The van der Waals surface area contributed by atoms with Gasteiger partial charge in [0, 0.05) is 33.5 Å². The molecule has 5 aromatic rings. The fourth-order valence-electron chi connectivity index (χ4n) is 6.31. The maximum absolute atomic E-state index is 5.05. The molecule has 0 aliphatic heterocycles. The van der Waals surface area contributed by atoms with Crippen LogP contribution in [0.1, 0.15) is 61.0 Å². The van der Waals surface area contributed by atoms with Gasteiger partial charge in [-0.05, 0) is 98.9 Å². The van der Waals surface area contributed by atoms with Gasteiger partial charge in [-0.3, -0.25) is 9.97 Å². The number of rotatable bonds is 4. The number of benzene rings is 3. The van der Waals surface area contributed by atoms with Gasteiger partial charge in [0.15, 0.2) is 0 Å². The highest BCUT2D eigenvalue weighted by Crippen LogP contribution is 2.37. The van der Waals surface area contributed by atoms with E-state index in [4.69, 9.17) is 9.97 Å². The number of pyridine rings is 2. The van der Waals surface area contributed by atoms with Crippen LogP contribution < -0.4 is 10.6 Å². The smallest absolute Gasteiger partial charge is 0.0726 e. The summed E-state index contributed by atoms with van der Waals surface area (Å²) in [6.07, 6.45) is 11.8. The Kier molecular flexibility index (Phi) is 6.17. The standard InChI is InChI=1S/C34H34N4/c1-3-11-25-29(15-5-1)37-31-17-9-7-13-27(31)33(25)35-23-19-21-24(22-20-23)36-34-26-12-4-2-6-16-30(26)38-32-18-10-8-14-28(32)34/h7-10,13-14,17-22H,1-6,11-12,15-16H2,(H,35,37)(H,36,38). The SMILES string of the molecule is c1ccc2c(Nc3ccc(Nc4c5c(nc6ccccc46)CCCCC5)cc3)c3c(nc2c1)CCCCC3. The molecule has 2 aliphatic carbocycles. The Labute approximate surface area is 224 Å². The second-order valence-electron chi connectivity index (χ2n) is 10.8. The van der Waals surface area contributed by atoms with Crippen molar-refractivity contribution in [3.8, 4) is 0 Å². The molecule has 4 nitrogen and oxygen atoms in total. The highest BCUT2D eigenvalue weighted by molar-refractivity contribution is 5.96. The molecule has 0 saturated heterocycles. The molecule has 190 valence electrons. The first kappa shape index (κ1) is 23.2. The topological polar surface area (TPSA) is 49.8 Å². The Morgan fingerprint density at radius 1 is 0.447 bits per heavy atom. The minimum absolute atomic E-state index is 1.07. The van der Waals surface area contributed by atoms with E-state index in [0.29, 0.717) is 0 Å². The molecule has 2 aliphatic rings. The fourth-order valence-corrected chi connectivity index (χ4v) is 6.31. The summed E-state index contributed by atoms with van der Waals surface area (Å²) >= 11 is 0. The van der Waals surface area contributed by atoms with E-state index in [2.05, 4.69) is 83.4 Å². The van der Waals surface area contributed by atoms with E-state index in [1.807, 2.05) is 0 Å². The number of hydrogen-bond donors (Lipinski definition) is 2. The minimum Gasteiger partial charge on any atom is -0.355 e. The lowest BCUT2D eigenvalue weighted by atomic mass is 10.0. The van der Waals surface area contributed by atoms with Gasteiger partial charge in [-0.25, -0.2) is 0 Å². The first-order valence-corrected chi connectivity index (χ1v) is 14.3. The lowest BCUT2D eigenvalue weighted by molar-refractivity contribution is 0.709. The van der Waals surface area contributed by atoms with Crippen molar-refractivity contribution in [2.45, 2.75) is 64.2 Å². The Morgan fingerprint density at radius 3 is 1.34 bits per heavy atom. The average Bonchev–Trinajstić information content (AvgIpc) is 3.34. The summed E-state index contributed by atoms with van der Waals surface area (Å²) in [4.78, 5) is 10.1. The Balaban J connectivity index is 1.23. The maximum Gasteiger partial charge on any atom is 0.0726 e. The van der Waals surface area contributed by atoms with E-state index in [9.17, 15) is 0 Å². The minimum atomic E-state index is 1.07. The number of para-hydroxylation sites is 2. The van der Waals surface area contributed by atoms with Crippen LogP contribution in [-0.4, -0.2) is 9.97 Å². The highest BCUT2D eigenvalue weighted by Gasteiger charge is 2.19. The summed E-state index contributed by atoms with van der Waals surface area (Å²) in [6, 6.07) is 25.9. The predicted molar refractivity (Wildman–Crippen MR) is 159 cm³/mol. The zero-order chi connectivity index (χ0) is 25.3. The number of hydrogen-bond acceptors (Lipinski definition) is 4. The molecule has 0 atom stereocenters. The van der Waals surface area contributed by atoms with Gasteiger partial charge in [0.2, 0.25) is 0 Å². The van der Waals surface area contributed by atoms with Crippen LogP contribution in [0.2, 0.25) is 0 Å². The van der Waals surface area contributed by atoms with E-state index in [1.54, 1.807) is 0 Å². The Hall–Kier alpha value is -3.92. The lowest BCUT2D eigenvalue weighted by Crippen LogP contribution is -2.04. The zero-order valence-corrected chi connectivity index (χ0v) is 21.9. The monoisotopic (exact) mass is 498 g/mol. The van der Waals surface area contributed by atoms with Crippen molar-refractivity contribution in [2.75, 3.05) is 10.6 Å². The fraction of sp³-hybridized carbons (Fsp3) is 0.294. The second kappa shape index (κ2) is 10.1. The molecule has 4 heteroatoms. The maximum atomic E-state index is 5.05. The molecule has 0 spiro atoms. The largest absolute Gasteiger partial charge is 0.355 e. The van der Waals surface area contributed by atoms with Crippen molar-refractivity contribution in [3.05, 3.63) is 95.3 Å². The molecule has 2 heterocycles. The number of aromatic nitrogens is 2. The average molecular weight is 499 g/mol. The van der Waals surface area contributed by atoms with Gasteiger partial charge in [-0.15, -0.1) is 0 Å². The van der Waals surface area contributed by atoms with E-state index >= 15 is 0 Å². The predicted octanol–water partition coefficient (Wildman–Crippen LogP) is 8.81. The van der Waals surface area contributed by atoms with E-state index in [0.717, 1.165) is 48.1 Å². The van der Waals surface area contributed by atoms with Crippen LogP contribution in [0.3, 0.4) is 0 Å². The van der Waals surface area contributed by atoms with Crippen molar-refractivity contribution in [1.82, 2.24) is 9.97 Å². The molecule has 0 unspecified atom stereocenters. The van der Waals surface area contributed by atoms with Crippen LogP contribution in [0.4, 0.5) is 22.7 Å². The third kappa shape index (κ3) is 4.38. The quantitative estimate of drug-likeness (QED) is 0.243. The highest BCUT2D eigenvalue weighted by atomic mass is 14.9. The van der Waals surface area contributed by atoms with Gasteiger partial charge in [-0.2, -0.15) is 0 Å². The molecule has 0 amide bonds. The van der Waals surface area contributed by atoms with Crippen molar-refractivity contribution in [3.63, 3.8) is 0 Å². The van der Waals surface area contributed by atoms with Crippen molar-refractivity contribution in [2.24, 2.45) is 0 Å². The van der Waals surface area contributed by atoms with Gasteiger partial charge in [0.25, 0.3) is 0 Å². The molecule has 0 radical (unpaired) electrons. The third-order valence-electron chi connectivity index (χ3n) is 8.26. The lowest BCUT2D eigenvalue weighted by Gasteiger charge is -2.19. The molecular weight excluding hydrogens is 464 g/mol. The number of nitrogens with zero attached hydrogens (tertiary/aromatic N) is 2. The molecule has 0 fully saturated rings. The normalized spacial score (nSPS) is 15.4. The molecule has 3 aromatic carbocycles. The van der Waals surface area contributed by atoms with Crippen molar-refractivity contribution >= 4 is 44.6 Å². The van der Waals surface area contributed by atoms with Crippen LogP contribution in [-0.2, 0) is 25.7 Å². The summed E-state index contributed by atoms with van der Waals surface area (Å²) in [6.45, 7) is 0. The van der Waals surface area contributed by atoms with Crippen LogP contribution >= 0.6 is 0 Å². The second-order valence-corrected chi connectivity index (χ2v) is 10.8. The van der Waals surface area contributed by atoms with Crippen molar-refractivity contribution < 1.29 is 0 Å².